The van der Waals surface area contributed by atoms with E-state index in [4.69, 9.17) is 29.5 Å². The molecule has 4 atom stereocenters. The second-order valence-electron chi connectivity index (χ2n) is 4.46. The molecule has 0 aromatic rings. The van der Waals surface area contributed by atoms with Gasteiger partial charge in [0, 0.05) is 0 Å². The Balaban J connectivity index is 3.99. The van der Waals surface area contributed by atoms with Crippen molar-refractivity contribution in [1.29, 1.82) is 0 Å². The van der Waals surface area contributed by atoms with Gasteiger partial charge in [-0.1, -0.05) is 0 Å². The Morgan fingerprint density at radius 3 is 2.00 bits per heavy atom. The van der Waals surface area contributed by atoms with Gasteiger partial charge in [-0.3, -0.25) is 0 Å². The first-order valence-corrected chi connectivity index (χ1v) is 6.24. The summed E-state index contributed by atoms with van der Waals surface area (Å²) in [7, 11) is 0. The first-order chi connectivity index (χ1) is 8.49. The maximum absolute atomic E-state index is 9.08. The number of hydrogen-bond acceptors (Lipinski definition) is 6. The third kappa shape index (κ3) is 9.76. The van der Waals surface area contributed by atoms with Crippen LogP contribution >= 0.6 is 0 Å². The van der Waals surface area contributed by atoms with E-state index in [1.807, 2.05) is 0 Å². The predicted molar refractivity (Wildman–Crippen MR) is 66.4 cm³/mol. The van der Waals surface area contributed by atoms with Crippen molar-refractivity contribution in [3.05, 3.63) is 0 Å². The van der Waals surface area contributed by atoms with Crippen LogP contribution in [0.25, 0.3) is 0 Å². The van der Waals surface area contributed by atoms with Gasteiger partial charge in [0.1, 0.15) is 6.10 Å². The third-order valence-corrected chi connectivity index (χ3v) is 2.17. The van der Waals surface area contributed by atoms with Gasteiger partial charge in [0.2, 0.25) is 0 Å². The Kier molecular flexibility index (Phi) is 10.5. The molecule has 0 bridgehead atoms. The van der Waals surface area contributed by atoms with Crippen molar-refractivity contribution in [2.24, 2.45) is 0 Å². The first-order valence-electron chi connectivity index (χ1n) is 6.24. The monoisotopic (exact) mass is 266 g/mol. The van der Waals surface area contributed by atoms with Gasteiger partial charge >= 0.3 is 0 Å². The highest BCUT2D eigenvalue weighted by Crippen LogP contribution is 2.03. The first kappa shape index (κ1) is 17.8. The van der Waals surface area contributed by atoms with Crippen LogP contribution < -0.4 is 0 Å². The fourth-order valence-electron chi connectivity index (χ4n) is 1.19. The fraction of sp³-hybridized carbons (Fsp3) is 1.00. The maximum atomic E-state index is 9.08. The molecule has 0 spiro atoms. The van der Waals surface area contributed by atoms with Gasteiger partial charge in [-0.2, -0.15) is 0 Å². The summed E-state index contributed by atoms with van der Waals surface area (Å²) in [4.78, 5) is 0. The molecule has 0 saturated carbocycles. The van der Waals surface area contributed by atoms with Crippen LogP contribution in [0.4, 0.5) is 0 Å². The van der Waals surface area contributed by atoms with E-state index in [9.17, 15) is 0 Å². The maximum Gasteiger partial charge on any atom is 0.105 e. The molecule has 0 fully saturated rings. The van der Waals surface area contributed by atoms with Crippen molar-refractivity contribution in [3.8, 4) is 0 Å². The van der Waals surface area contributed by atoms with Gasteiger partial charge in [0.25, 0.3) is 0 Å². The SMILES string of the molecule is CC(O)COCC(COC(C)CO)OC(C)CO. The highest BCUT2D eigenvalue weighted by atomic mass is 16.6. The van der Waals surface area contributed by atoms with Gasteiger partial charge in [0.15, 0.2) is 0 Å². The number of ether oxygens (including phenoxy) is 3. The second kappa shape index (κ2) is 10.7. The molecule has 0 heterocycles. The number of aliphatic hydroxyl groups is 3. The minimum atomic E-state index is -0.529. The average Bonchev–Trinajstić information content (AvgIpc) is 2.34. The predicted octanol–water partition coefficient (Wildman–Crippen LogP) is -0.453. The highest BCUT2D eigenvalue weighted by Gasteiger charge is 2.15. The smallest absolute Gasteiger partial charge is 0.105 e. The van der Waals surface area contributed by atoms with E-state index in [0.717, 1.165) is 0 Å². The molecule has 18 heavy (non-hydrogen) atoms. The van der Waals surface area contributed by atoms with Gasteiger partial charge < -0.3 is 29.5 Å². The highest BCUT2D eigenvalue weighted by molar-refractivity contribution is 4.61. The molecule has 0 aromatic carbocycles. The Hall–Kier alpha value is -0.240. The summed E-state index contributed by atoms with van der Waals surface area (Å²) < 4.78 is 16.1. The normalized spacial score (nSPS) is 18.3. The molecule has 0 rings (SSSR count). The molecule has 0 amide bonds. The topological polar surface area (TPSA) is 88.4 Å². The van der Waals surface area contributed by atoms with E-state index in [-0.39, 0.29) is 51.3 Å². The van der Waals surface area contributed by atoms with Crippen molar-refractivity contribution in [3.63, 3.8) is 0 Å². The van der Waals surface area contributed by atoms with Crippen molar-refractivity contribution >= 4 is 0 Å². The summed E-state index contributed by atoms with van der Waals surface area (Å²) in [5, 5.41) is 26.9. The average molecular weight is 266 g/mol. The van der Waals surface area contributed by atoms with Crippen LogP contribution in [-0.2, 0) is 14.2 Å². The zero-order valence-corrected chi connectivity index (χ0v) is 11.4. The Bertz CT molecular complexity index is 187. The van der Waals surface area contributed by atoms with Gasteiger partial charge in [0.05, 0.1) is 51.3 Å². The summed E-state index contributed by atoms with van der Waals surface area (Å²) >= 11 is 0. The molecule has 0 radical (unpaired) electrons. The number of rotatable bonds is 11. The van der Waals surface area contributed by atoms with E-state index in [2.05, 4.69) is 0 Å². The Morgan fingerprint density at radius 1 is 0.889 bits per heavy atom. The largest absolute Gasteiger partial charge is 0.394 e. The van der Waals surface area contributed by atoms with E-state index < -0.39 is 6.10 Å². The van der Waals surface area contributed by atoms with Crippen LogP contribution in [0.2, 0.25) is 0 Å². The Labute approximate surface area is 108 Å². The summed E-state index contributed by atoms with van der Waals surface area (Å²) in [6.45, 7) is 5.76. The molecular formula is C12H26O6. The lowest BCUT2D eigenvalue weighted by molar-refractivity contribution is -0.116. The van der Waals surface area contributed by atoms with Crippen molar-refractivity contribution in [1.82, 2.24) is 0 Å². The van der Waals surface area contributed by atoms with Crippen LogP contribution in [0.3, 0.4) is 0 Å². The van der Waals surface area contributed by atoms with Crippen LogP contribution in [0.5, 0.6) is 0 Å². The molecule has 0 aliphatic heterocycles. The number of aliphatic hydroxyl groups excluding tert-OH is 3. The molecule has 0 saturated heterocycles. The zero-order valence-electron chi connectivity index (χ0n) is 11.4. The van der Waals surface area contributed by atoms with Crippen molar-refractivity contribution < 1.29 is 29.5 Å². The molecule has 4 unspecified atom stereocenters. The van der Waals surface area contributed by atoms with E-state index in [0.29, 0.717) is 0 Å². The number of hydrogen-bond donors (Lipinski definition) is 3. The van der Waals surface area contributed by atoms with Gasteiger partial charge in [-0.15, -0.1) is 0 Å². The van der Waals surface area contributed by atoms with Gasteiger partial charge in [-0.05, 0) is 20.8 Å². The molecule has 6 nitrogen and oxygen atoms in total. The third-order valence-electron chi connectivity index (χ3n) is 2.17. The molecule has 110 valence electrons. The summed E-state index contributed by atoms with van der Waals surface area (Å²) in [5.41, 5.74) is 0. The van der Waals surface area contributed by atoms with Crippen molar-refractivity contribution in [2.75, 3.05) is 33.0 Å². The molecular weight excluding hydrogens is 240 g/mol. The van der Waals surface area contributed by atoms with Crippen LogP contribution in [0, 0.1) is 0 Å². The standard InChI is InChI=1S/C12H26O6/c1-9(15)6-16-7-12(18-11(3)5-14)8-17-10(2)4-13/h9-15H,4-8H2,1-3H3. The fourth-order valence-corrected chi connectivity index (χ4v) is 1.19. The zero-order chi connectivity index (χ0) is 14.0. The molecule has 0 aromatic heterocycles. The van der Waals surface area contributed by atoms with Crippen molar-refractivity contribution in [2.45, 2.75) is 45.2 Å². The van der Waals surface area contributed by atoms with E-state index >= 15 is 0 Å². The molecule has 3 N–H and O–H groups in total. The molecule has 0 aliphatic carbocycles. The molecule has 0 aliphatic rings. The second-order valence-corrected chi connectivity index (χ2v) is 4.46. The summed E-state index contributed by atoms with van der Waals surface area (Å²) in [6.07, 6.45) is -1.44. The summed E-state index contributed by atoms with van der Waals surface area (Å²) in [5.74, 6) is 0. The van der Waals surface area contributed by atoms with E-state index in [1.54, 1.807) is 20.8 Å². The quantitative estimate of drug-likeness (QED) is 0.469. The summed E-state index contributed by atoms with van der Waals surface area (Å²) in [6, 6.07) is 0. The lowest BCUT2D eigenvalue weighted by Gasteiger charge is -2.23. The minimum absolute atomic E-state index is 0.0587. The Morgan fingerprint density at radius 2 is 1.50 bits per heavy atom. The van der Waals surface area contributed by atoms with Crippen LogP contribution in [-0.4, -0.2) is 72.8 Å². The minimum Gasteiger partial charge on any atom is -0.394 e. The van der Waals surface area contributed by atoms with E-state index in [1.165, 1.54) is 0 Å². The molecule has 6 heteroatoms. The lowest BCUT2D eigenvalue weighted by Crippen LogP contribution is -2.33. The van der Waals surface area contributed by atoms with Crippen LogP contribution in [0.15, 0.2) is 0 Å². The lowest BCUT2D eigenvalue weighted by atomic mass is 10.3. The van der Waals surface area contributed by atoms with Crippen LogP contribution in [0.1, 0.15) is 20.8 Å². The van der Waals surface area contributed by atoms with Gasteiger partial charge in [-0.25, -0.2) is 0 Å².